The minimum absolute atomic E-state index is 0. The maximum atomic E-state index is 3.49. The summed E-state index contributed by atoms with van der Waals surface area (Å²) in [6, 6.07) is 0.719. The van der Waals surface area contributed by atoms with Crippen molar-refractivity contribution in [3.8, 4) is 0 Å². The third-order valence-electron chi connectivity index (χ3n) is 3.98. The predicted octanol–water partition coefficient (Wildman–Crippen LogP) is 1.51. The Hall–Kier alpha value is 0.460. The molecule has 2 aliphatic rings. The Morgan fingerprint density at radius 3 is 2.76 bits per heavy atom. The van der Waals surface area contributed by atoms with Gasteiger partial charge in [0.05, 0.1) is 0 Å². The molecule has 2 fully saturated rings. The van der Waals surface area contributed by atoms with Crippen LogP contribution in [0.15, 0.2) is 0 Å². The molecular formula is C12H27Cl2N3. The molecule has 5 heteroatoms. The molecule has 0 spiro atoms. The zero-order valence-electron chi connectivity index (χ0n) is 11.0. The Balaban J connectivity index is 0.00000128. The quantitative estimate of drug-likeness (QED) is 0.823. The van der Waals surface area contributed by atoms with E-state index in [4.69, 9.17) is 0 Å². The Morgan fingerprint density at radius 1 is 1.41 bits per heavy atom. The molecule has 2 unspecified atom stereocenters. The van der Waals surface area contributed by atoms with E-state index in [1.807, 2.05) is 0 Å². The van der Waals surface area contributed by atoms with Crippen molar-refractivity contribution in [3.05, 3.63) is 0 Å². The molecule has 2 saturated heterocycles. The molecule has 0 aromatic rings. The minimum atomic E-state index is 0. The second-order valence-corrected chi connectivity index (χ2v) is 5.60. The highest BCUT2D eigenvalue weighted by molar-refractivity contribution is 5.85. The van der Waals surface area contributed by atoms with Crippen LogP contribution in [0.5, 0.6) is 0 Å². The highest BCUT2D eigenvalue weighted by atomic mass is 35.5. The summed E-state index contributed by atoms with van der Waals surface area (Å²) in [6.45, 7) is 8.65. The molecule has 0 aromatic heterocycles. The maximum absolute atomic E-state index is 3.49. The highest BCUT2D eigenvalue weighted by Crippen LogP contribution is 2.26. The average Bonchev–Trinajstić information content (AvgIpc) is 2.65. The lowest BCUT2D eigenvalue weighted by atomic mass is 9.88. The molecule has 104 valence electrons. The number of hydrogen-bond donors (Lipinski definition) is 2. The molecule has 2 rings (SSSR count). The van der Waals surface area contributed by atoms with Gasteiger partial charge in [0, 0.05) is 25.7 Å². The van der Waals surface area contributed by atoms with Gasteiger partial charge in [-0.05, 0) is 44.8 Å². The minimum Gasteiger partial charge on any atom is -0.316 e. The van der Waals surface area contributed by atoms with Gasteiger partial charge in [-0.3, -0.25) is 0 Å². The largest absolute Gasteiger partial charge is 0.316 e. The van der Waals surface area contributed by atoms with E-state index >= 15 is 0 Å². The Kier molecular flexibility index (Phi) is 8.01. The molecule has 0 amide bonds. The average molecular weight is 284 g/mol. The Morgan fingerprint density at radius 2 is 2.18 bits per heavy atom. The van der Waals surface area contributed by atoms with E-state index in [2.05, 4.69) is 29.5 Å². The number of halogens is 2. The van der Waals surface area contributed by atoms with Gasteiger partial charge in [-0.1, -0.05) is 6.92 Å². The summed E-state index contributed by atoms with van der Waals surface area (Å²) in [7, 11) is 2.09. The van der Waals surface area contributed by atoms with Gasteiger partial charge in [0.1, 0.15) is 0 Å². The molecule has 2 N–H and O–H groups in total. The van der Waals surface area contributed by atoms with Gasteiger partial charge >= 0.3 is 0 Å². The Bertz CT molecular complexity index is 208. The van der Waals surface area contributed by atoms with Gasteiger partial charge in [-0.25, -0.2) is 0 Å². The summed E-state index contributed by atoms with van der Waals surface area (Å²) in [5.41, 5.74) is 0.523. The molecule has 0 saturated carbocycles. The second kappa shape index (κ2) is 7.80. The lowest BCUT2D eigenvalue weighted by Crippen LogP contribution is -2.48. The third kappa shape index (κ3) is 4.92. The van der Waals surface area contributed by atoms with Crippen LogP contribution in [0.3, 0.4) is 0 Å². The zero-order chi connectivity index (χ0) is 10.7. The second-order valence-electron chi connectivity index (χ2n) is 5.60. The van der Waals surface area contributed by atoms with E-state index < -0.39 is 0 Å². The molecule has 2 heterocycles. The molecule has 17 heavy (non-hydrogen) atoms. The monoisotopic (exact) mass is 283 g/mol. The first-order valence-corrected chi connectivity index (χ1v) is 6.32. The number of likely N-dealkylation sites (tertiary alicyclic amines) is 1. The fourth-order valence-corrected chi connectivity index (χ4v) is 2.98. The lowest BCUT2D eigenvalue weighted by Gasteiger charge is -2.37. The summed E-state index contributed by atoms with van der Waals surface area (Å²) in [4.78, 5) is 2.65. The molecular weight excluding hydrogens is 257 g/mol. The van der Waals surface area contributed by atoms with Crippen LogP contribution in [-0.2, 0) is 0 Å². The summed E-state index contributed by atoms with van der Waals surface area (Å²) in [6.07, 6.45) is 4.05. The smallest absolute Gasteiger partial charge is 0.0192 e. The number of hydrogen-bond acceptors (Lipinski definition) is 3. The molecule has 2 atom stereocenters. The van der Waals surface area contributed by atoms with E-state index in [1.165, 1.54) is 52.0 Å². The van der Waals surface area contributed by atoms with Crippen LogP contribution >= 0.6 is 24.8 Å². The SMILES string of the molecule is CNC1CCCN(CC2(C)CCNC2)C1.Cl.Cl. The van der Waals surface area contributed by atoms with Crippen molar-refractivity contribution in [3.63, 3.8) is 0 Å². The van der Waals surface area contributed by atoms with Crippen LogP contribution in [-0.4, -0.2) is 50.7 Å². The van der Waals surface area contributed by atoms with Crippen molar-refractivity contribution in [1.82, 2.24) is 15.5 Å². The fraction of sp³-hybridized carbons (Fsp3) is 1.00. The summed E-state index contributed by atoms with van der Waals surface area (Å²) < 4.78 is 0. The topological polar surface area (TPSA) is 27.3 Å². The normalized spacial score (nSPS) is 33.9. The summed E-state index contributed by atoms with van der Waals surface area (Å²) in [5.74, 6) is 0. The zero-order valence-corrected chi connectivity index (χ0v) is 12.6. The van der Waals surface area contributed by atoms with Crippen LogP contribution in [0.25, 0.3) is 0 Å². The van der Waals surface area contributed by atoms with Crippen LogP contribution in [0.2, 0.25) is 0 Å². The molecule has 3 nitrogen and oxygen atoms in total. The number of piperidine rings is 1. The van der Waals surface area contributed by atoms with Gasteiger partial charge in [0.15, 0.2) is 0 Å². The first kappa shape index (κ1) is 17.5. The fourth-order valence-electron chi connectivity index (χ4n) is 2.98. The summed E-state index contributed by atoms with van der Waals surface area (Å²) in [5, 5.41) is 6.90. The number of likely N-dealkylation sites (N-methyl/N-ethyl adjacent to an activating group) is 1. The van der Waals surface area contributed by atoms with E-state index in [0.29, 0.717) is 5.41 Å². The van der Waals surface area contributed by atoms with Crippen LogP contribution in [0.4, 0.5) is 0 Å². The van der Waals surface area contributed by atoms with Gasteiger partial charge in [0.25, 0.3) is 0 Å². The van der Waals surface area contributed by atoms with Gasteiger partial charge < -0.3 is 15.5 Å². The van der Waals surface area contributed by atoms with Crippen LogP contribution in [0.1, 0.15) is 26.2 Å². The molecule has 2 aliphatic heterocycles. The van der Waals surface area contributed by atoms with Crippen molar-refractivity contribution in [2.75, 3.05) is 39.8 Å². The van der Waals surface area contributed by atoms with Crippen molar-refractivity contribution >= 4 is 24.8 Å². The van der Waals surface area contributed by atoms with E-state index in [1.54, 1.807) is 0 Å². The highest BCUT2D eigenvalue weighted by Gasteiger charge is 2.32. The van der Waals surface area contributed by atoms with Gasteiger partial charge in [-0.2, -0.15) is 0 Å². The first-order chi connectivity index (χ1) is 7.22. The molecule has 0 aromatic carbocycles. The van der Waals surface area contributed by atoms with Crippen molar-refractivity contribution in [2.24, 2.45) is 5.41 Å². The predicted molar refractivity (Wildman–Crippen MR) is 78.6 cm³/mol. The molecule has 0 bridgehead atoms. The van der Waals surface area contributed by atoms with E-state index in [0.717, 1.165) is 6.04 Å². The standard InChI is InChI=1S/C12H25N3.2ClH/c1-12(5-6-14-9-12)10-15-7-3-4-11(8-15)13-2;;/h11,13-14H,3-10H2,1-2H3;2*1H. The summed E-state index contributed by atoms with van der Waals surface area (Å²) >= 11 is 0. The lowest BCUT2D eigenvalue weighted by molar-refractivity contribution is 0.134. The number of nitrogens with zero attached hydrogens (tertiary/aromatic N) is 1. The van der Waals surface area contributed by atoms with Crippen molar-refractivity contribution < 1.29 is 0 Å². The van der Waals surface area contributed by atoms with Gasteiger partial charge in [0.2, 0.25) is 0 Å². The Labute approximate surface area is 118 Å². The van der Waals surface area contributed by atoms with Crippen LogP contribution in [0, 0.1) is 5.41 Å². The van der Waals surface area contributed by atoms with E-state index in [9.17, 15) is 0 Å². The number of rotatable bonds is 3. The number of nitrogens with one attached hydrogen (secondary N) is 2. The van der Waals surface area contributed by atoms with Crippen LogP contribution < -0.4 is 10.6 Å². The van der Waals surface area contributed by atoms with E-state index in [-0.39, 0.29) is 24.8 Å². The molecule has 0 radical (unpaired) electrons. The molecule has 0 aliphatic carbocycles. The third-order valence-corrected chi connectivity index (χ3v) is 3.98. The van der Waals surface area contributed by atoms with Crippen molar-refractivity contribution in [1.29, 1.82) is 0 Å². The first-order valence-electron chi connectivity index (χ1n) is 6.32. The van der Waals surface area contributed by atoms with Gasteiger partial charge in [-0.15, -0.1) is 24.8 Å². The maximum Gasteiger partial charge on any atom is 0.0192 e. The van der Waals surface area contributed by atoms with Crippen molar-refractivity contribution in [2.45, 2.75) is 32.2 Å².